The fourth-order valence-corrected chi connectivity index (χ4v) is 4.01. The zero-order chi connectivity index (χ0) is 16.1. The standard InChI is InChI=1S/C19H27ClN2O/c20-18-10-4-3-8-16(18)14-21-11-7-9-17(15-21)19(23)22-12-5-1-2-6-13-22/h3-4,8,10,17H,1-2,5-7,9,11-15H2/t17-/m1/s1. The van der Waals surface area contributed by atoms with Crippen LogP contribution in [0.1, 0.15) is 44.1 Å². The van der Waals surface area contributed by atoms with Crippen molar-refractivity contribution in [2.45, 2.75) is 45.1 Å². The Morgan fingerprint density at radius 1 is 1.04 bits per heavy atom. The Kier molecular flexibility index (Phi) is 5.96. The van der Waals surface area contributed by atoms with E-state index in [9.17, 15) is 4.79 Å². The van der Waals surface area contributed by atoms with E-state index in [1.807, 2.05) is 18.2 Å². The van der Waals surface area contributed by atoms with E-state index >= 15 is 0 Å². The van der Waals surface area contributed by atoms with Gasteiger partial charge in [-0.15, -0.1) is 0 Å². The van der Waals surface area contributed by atoms with Gasteiger partial charge in [0.05, 0.1) is 5.92 Å². The molecule has 0 bridgehead atoms. The SMILES string of the molecule is O=C([C@@H]1CCCN(Cc2ccccc2Cl)C1)N1CCCCCC1. The molecule has 3 rings (SSSR count). The summed E-state index contributed by atoms with van der Waals surface area (Å²) >= 11 is 6.28. The van der Waals surface area contributed by atoms with Crippen molar-refractivity contribution in [1.82, 2.24) is 9.80 Å². The van der Waals surface area contributed by atoms with Gasteiger partial charge in [-0.2, -0.15) is 0 Å². The molecule has 1 amide bonds. The van der Waals surface area contributed by atoms with Gasteiger partial charge >= 0.3 is 0 Å². The largest absolute Gasteiger partial charge is 0.342 e. The monoisotopic (exact) mass is 334 g/mol. The number of benzene rings is 1. The van der Waals surface area contributed by atoms with Gasteiger partial charge in [-0.05, 0) is 43.9 Å². The molecule has 0 N–H and O–H groups in total. The molecular weight excluding hydrogens is 308 g/mol. The van der Waals surface area contributed by atoms with Crippen molar-refractivity contribution in [1.29, 1.82) is 0 Å². The summed E-state index contributed by atoms with van der Waals surface area (Å²) in [6, 6.07) is 8.03. The number of carbonyl (C=O) groups excluding carboxylic acids is 1. The first-order chi connectivity index (χ1) is 11.2. The highest BCUT2D eigenvalue weighted by Gasteiger charge is 2.29. The minimum absolute atomic E-state index is 0.171. The predicted octanol–water partition coefficient (Wildman–Crippen LogP) is 3.95. The molecule has 126 valence electrons. The van der Waals surface area contributed by atoms with Crippen LogP contribution in [-0.4, -0.2) is 41.9 Å². The summed E-state index contributed by atoms with van der Waals surface area (Å²) in [6.45, 7) is 4.71. The average molecular weight is 335 g/mol. The number of hydrogen-bond acceptors (Lipinski definition) is 2. The number of carbonyl (C=O) groups is 1. The first-order valence-corrected chi connectivity index (χ1v) is 9.36. The Morgan fingerprint density at radius 2 is 1.78 bits per heavy atom. The van der Waals surface area contributed by atoms with Gasteiger partial charge in [-0.3, -0.25) is 9.69 Å². The molecule has 1 aromatic rings. The lowest BCUT2D eigenvalue weighted by Gasteiger charge is -2.35. The summed E-state index contributed by atoms with van der Waals surface area (Å²) in [6.07, 6.45) is 7.02. The average Bonchev–Trinajstić information content (AvgIpc) is 2.86. The zero-order valence-corrected chi connectivity index (χ0v) is 14.6. The van der Waals surface area contributed by atoms with Crippen molar-refractivity contribution in [3.63, 3.8) is 0 Å². The maximum Gasteiger partial charge on any atom is 0.226 e. The molecule has 2 aliphatic heterocycles. The number of piperidine rings is 1. The molecule has 4 heteroatoms. The summed E-state index contributed by atoms with van der Waals surface area (Å²) < 4.78 is 0. The fraction of sp³-hybridized carbons (Fsp3) is 0.632. The van der Waals surface area contributed by atoms with Gasteiger partial charge in [0.25, 0.3) is 0 Å². The van der Waals surface area contributed by atoms with Crippen LogP contribution < -0.4 is 0 Å². The Morgan fingerprint density at radius 3 is 2.52 bits per heavy atom. The van der Waals surface area contributed by atoms with Crippen LogP contribution in [-0.2, 0) is 11.3 Å². The van der Waals surface area contributed by atoms with Gasteiger partial charge in [0.15, 0.2) is 0 Å². The quantitative estimate of drug-likeness (QED) is 0.835. The number of halogens is 1. The first kappa shape index (κ1) is 16.8. The molecule has 2 heterocycles. The summed E-state index contributed by atoms with van der Waals surface area (Å²) in [5, 5.41) is 0.827. The molecular formula is C19H27ClN2O. The van der Waals surface area contributed by atoms with Crippen LogP contribution in [0.4, 0.5) is 0 Å². The number of rotatable bonds is 3. The van der Waals surface area contributed by atoms with Gasteiger partial charge in [-0.1, -0.05) is 42.6 Å². The van der Waals surface area contributed by atoms with E-state index < -0.39 is 0 Å². The molecule has 1 atom stereocenters. The lowest BCUT2D eigenvalue weighted by molar-refractivity contribution is -0.137. The molecule has 1 aromatic carbocycles. The highest BCUT2D eigenvalue weighted by Crippen LogP contribution is 2.24. The second kappa shape index (κ2) is 8.16. The number of nitrogens with zero attached hydrogens (tertiary/aromatic N) is 2. The Hall–Kier alpha value is -1.06. The molecule has 23 heavy (non-hydrogen) atoms. The Balaban J connectivity index is 1.59. The van der Waals surface area contributed by atoms with Crippen LogP contribution in [0.15, 0.2) is 24.3 Å². The van der Waals surface area contributed by atoms with Crippen LogP contribution in [0.5, 0.6) is 0 Å². The number of hydrogen-bond donors (Lipinski definition) is 0. The van der Waals surface area contributed by atoms with E-state index in [1.54, 1.807) is 0 Å². The zero-order valence-electron chi connectivity index (χ0n) is 13.8. The normalized spacial score (nSPS) is 23.5. The third-order valence-electron chi connectivity index (χ3n) is 5.12. The van der Waals surface area contributed by atoms with Crippen LogP contribution in [0.25, 0.3) is 0 Å². The molecule has 0 radical (unpaired) electrons. The maximum absolute atomic E-state index is 12.8. The molecule has 2 fully saturated rings. The van der Waals surface area contributed by atoms with Gasteiger partial charge in [0, 0.05) is 31.2 Å². The van der Waals surface area contributed by atoms with Gasteiger partial charge < -0.3 is 4.90 Å². The Bertz CT molecular complexity index is 526. The predicted molar refractivity (Wildman–Crippen MR) is 94.5 cm³/mol. The fourth-order valence-electron chi connectivity index (χ4n) is 3.82. The number of amides is 1. The molecule has 0 aromatic heterocycles. The molecule has 0 saturated carbocycles. The molecule has 0 unspecified atom stereocenters. The summed E-state index contributed by atoms with van der Waals surface area (Å²) in [5.74, 6) is 0.556. The van der Waals surface area contributed by atoms with Crippen LogP contribution in [0.3, 0.4) is 0 Å². The molecule has 3 nitrogen and oxygen atoms in total. The maximum atomic E-state index is 12.8. The lowest BCUT2D eigenvalue weighted by Crippen LogP contribution is -2.44. The van der Waals surface area contributed by atoms with Crippen LogP contribution in [0, 0.1) is 5.92 Å². The van der Waals surface area contributed by atoms with Crippen molar-refractivity contribution in [3.8, 4) is 0 Å². The summed E-state index contributed by atoms with van der Waals surface area (Å²) in [5.41, 5.74) is 1.16. The van der Waals surface area contributed by atoms with Crippen molar-refractivity contribution >= 4 is 17.5 Å². The van der Waals surface area contributed by atoms with Gasteiger partial charge in [-0.25, -0.2) is 0 Å². The van der Waals surface area contributed by atoms with E-state index in [0.717, 1.165) is 56.2 Å². The summed E-state index contributed by atoms with van der Waals surface area (Å²) in [4.78, 5) is 17.4. The minimum Gasteiger partial charge on any atom is -0.342 e. The van der Waals surface area contributed by atoms with E-state index in [2.05, 4.69) is 15.9 Å². The third kappa shape index (κ3) is 4.48. The van der Waals surface area contributed by atoms with Crippen molar-refractivity contribution < 1.29 is 4.79 Å². The molecule has 0 aliphatic carbocycles. The van der Waals surface area contributed by atoms with Gasteiger partial charge in [0.1, 0.15) is 0 Å². The summed E-state index contributed by atoms with van der Waals surface area (Å²) in [7, 11) is 0. The van der Waals surface area contributed by atoms with E-state index in [4.69, 9.17) is 11.6 Å². The van der Waals surface area contributed by atoms with Crippen molar-refractivity contribution in [3.05, 3.63) is 34.9 Å². The van der Waals surface area contributed by atoms with Crippen molar-refractivity contribution in [2.75, 3.05) is 26.2 Å². The van der Waals surface area contributed by atoms with Crippen LogP contribution >= 0.6 is 11.6 Å². The van der Waals surface area contributed by atoms with Crippen LogP contribution in [0.2, 0.25) is 5.02 Å². The van der Waals surface area contributed by atoms with E-state index in [-0.39, 0.29) is 5.92 Å². The third-order valence-corrected chi connectivity index (χ3v) is 5.49. The first-order valence-electron chi connectivity index (χ1n) is 8.98. The molecule has 0 spiro atoms. The second-order valence-electron chi connectivity index (χ2n) is 6.91. The Labute approximate surface area is 144 Å². The molecule has 2 saturated heterocycles. The molecule has 2 aliphatic rings. The minimum atomic E-state index is 0.171. The second-order valence-corrected chi connectivity index (χ2v) is 7.31. The van der Waals surface area contributed by atoms with Gasteiger partial charge in [0.2, 0.25) is 5.91 Å². The highest BCUT2D eigenvalue weighted by atomic mass is 35.5. The number of likely N-dealkylation sites (tertiary alicyclic amines) is 2. The van der Waals surface area contributed by atoms with E-state index in [1.165, 1.54) is 25.7 Å². The highest BCUT2D eigenvalue weighted by molar-refractivity contribution is 6.31. The van der Waals surface area contributed by atoms with Crippen molar-refractivity contribution in [2.24, 2.45) is 5.92 Å². The smallest absolute Gasteiger partial charge is 0.226 e. The topological polar surface area (TPSA) is 23.6 Å². The van der Waals surface area contributed by atoms with E-state index in [0.29, 0.717) is 5.91 Å². The lowest BCUT2D eigenvalue weighted by atomic mass is 9.96.